The lowest BCUT2D eigenvalue weighted by Gasteiger charge is -2.34. The van der Waals surface area contributed by atoms with E-state index >= 15 is 0 Å². The Hall–Kier alpha value is -1.81. The van der Waals surface area contributed by atoms with Crippen molar-refractivity contribution in [2.24, 2.45) is 0 Å². The van der Waals surface area contributed by atoms with Crippen molar-refractivity contribution in [1.82, 2.24) is 9.80 Å². The van der Waals surface area contributed by atoms with Crippen LogP contribution in [0.4, 0.5) is 4.79 Å². The average molecular weight is 286 g/mol. The summed E-state index contributed by atoms with van der Waals surface area (Å²) in [5, 5.41) is 0. The number of urea groups is 1. The van der Waals surface area contributed by atoms with Crippen molar-refractivity contribution in [2.75, 3.05) is 39.4 Å². The van der Waals surface area contributed by atoms with Crippen LogP contribution in [-0.2, 0) is 4.74 Å². The van der Waals surface area contributed by atoms with E-state index in [4.69, 9.17) is 4.74 Å². The van der Waals surface area contributed by atoms with Crippen LogP contribution in [0.25, 0.3) is 5.57 Å². The predicted octanol–water partition coefficient (Wildman–Crippen LogP) is 2.54. The number of carbonyl (C=O) groups excluding carboxylic acids is 1. The number of carbonyl (C=O) groups is 1. The summed E-state index contributed by atoms with van der Waals surface area (Å²) in [6, 6.07) is 8.60. The van der Waals surface area contributed by atoms with Gasteiger partial charge in [0.05, 0.1) is 13.2 Å². The van der Waals surface area contributed by atoms with Crippen molar-refractivity contribution >= 4 is 11.6 Å². The lowest BCUT2D eigenvalue weighted by Crippen LogP contribution is -2.49. The van der Waals surface area contributed by atoms with Gasteiger partial charge in [-0.15, -0.1) is 0 Å². The summed E-state index contributed by atoms with van der Waals surface area (Å²) in [5.74, 6) is 0. The summed E-state index contributed by atoms with van der Waals surface area (Å²) >= 11 is 0. The van der Waals surface area contributed by atoms with Crippen LogP contribution in [0.15, 0.2) is 30.3 Å². The Morgan fingerprint density at radius 1 is 1.10 bits per heavy atom. The first kappa shape index (κ1) is 14.1. The summed E-state index contributed by atoms with van der Waals surface area (Å²) in [4.78, 5) is 16.3. The fourth-order valence-electron chi connectivity index (χ4n) is 2.98. The third-order valence-corrected chi connectivity index (χ3v) is 4.25. The van der Waals surface area contributed by atoms with Crippen molar-refractivity contribution in [1.29, 1.82) is 0 Å². The number of hydrogen-bond acceptors (Lipinski definition) is 2. The molecule has 2 amide bonds. The molecular weight excluding hydrogens is 264 g/mol. The van der Waals surface area contributed by atoms with E-state index in [1.165, 1.54) is 16.7 Å². The zero-order valence-electron chi connectivity index (χ0n) is 12.5. The predicted molar refractivity (Wildman–Crippen MR) is 83.1 cm³/mol. The Morgan fingerprint density at radius 3 is 2.52 bits per heavy atom. The van der Waals surface area contributed by atoms with Crippen molar-refractivity contribution in [2.45, 2.75) is 13.3 Å². The number of rotatable bonds is 1. The van der Waals surface area contributed by atoms with Crippen LogP contribution >= 0.6 is 0 Å². The third kappa shape index (κ3) is 3.10. The van der Waals surface area contributed by atoms with Gasteiger partial charge in [0.1, 0.15) is 0 Å². The fourth-order valence-corrected chi connectivity index (χ4v) is 2.98. The molecule has 1 fully saturated rings. The van der Waals surface area contributed by atoms with Crippen molar-refractivity contribution < 1.29 is 9.53 Å². The maximum atomic E-state index is 12.4. The molecule has 4 nitrogen and oxygen atoms in total. The summed E-state index contributed by atoms with van der Waals surface area (Å²) in [7, 11) is 0. The van der Waals surface area contributed by atoms with Gasteiger partial charge >= 0.3 is 6.03 Å². The highest BCUT2D eigenvalue weighted by Crippen LogP contribution is 2.25. The van der Waals surface area contributed by atoms with Gasteiger partial charge in [-0.3, -0.25) is 0 Å². The monoisotopic (exact) mass is 286 g/mol. The van der Waals surface area contributed by atoms with E-state index < -0.39 is 0 Å². The van der Waals surface area contributed by atoms with Gasteiger partial charge < -0.3 is 14.5 Å². The highest BCUT2D eigenvalue weighted by Gasteiger charge is 2.24. The van der Waals surface area contributed by atoms with Gasteiger partial charge in [-0.05, 0) is 30.0 Å². The molecule has 0 spiro atoms. The fraction of sp³-hybridized carbons (Fsp3) is 0.471. The molecule has 1 saturated heterocycles. The second kappa shape index (κ2) is 6.31. The molecule has 112 valence electrons. The summed E-state index contributed by atoms with van der Waals surface area (Å²) in [6.45, 7) is 6.39. The Morgan fingerprint density at radius 2 is 1.86 bits per heavy atom. The SMILES string of the molecule is Cc1ccccc1C1=CCN(C(=O)N2CCOCC2)CC1. The topological polar surface area (TPSA) is 32.8 Å². The van der Waals surface area contributed by atoms with E-state index in [0.29, 0.717) is 32.8 Å². The van der Waals surface area contributed by atoms with Gasteiger partial charge in [0.2, 0.25) is 0 Å². The van der Waals surface area contributed by atoms with Gasteiger partial charge in [0, 0.05) is 26.2 Å². The molecule has 2 aliphatic heterocycles. The molecule has 0 aromatic heterocycles. The van der Waals surface area contributed by atoms with Crippen LogP contribution in [0.3, 0.4) is 0 Å². The first-order chi connectivity index (χ1) is 10.3. The van der Waals surface area contributed by atoms with Crippen LogP contribution in [0.1, 0.15) is 17.5 Å². The van der Waals surface area contributed by atoms with E-state index in [-0.39, 0.29) is 6.03 Å². The first-order valence-corrected chi connectivity index (χ1v) is 7.62. The molecule has 1 aromatic rings. The van der Waals surface area contributed by atoms with Gasteiger partial charge in [0.15, 0.2) is 0 Å². The number of morpholine rings is 1. The largest absolute Gasteiger partial charge is 0.378 e. The minimum absolute atomic E-state index is 0.151. The van der Waals surface area contributed by atoms with Crippen LogP contribution in [0, 0.1) is 6.92 Å². The van der Waals surface area contributed by atoms with Gasteiger partial charge in [0.25, 0.3) is 0 Å². The number of hydrogen-bond donors (Lipinski definition) is 0. The van der Waals surface area contributed by atoms with E-state index in [0.717, 1.165) is 13.0 Å². The third-order valence-electron chi connectivity index (χ3n) is 4.25. The number of aryl methyl sites for hydroxylation is 1. The zero-order valence-corrected chi connectivity index (χ0v) is 12.5. The normalized spacial score (nSPS) is 19.4. The summed E-state index contributed by atoms with van der Waals surface area (Å²) in [6.07, 6.45) is 3.13. The maximum Gasteiger partial charge on any atom is 0.320 e. The smallest absolute Gasteiger partial charge is 0.320 e. The van der Waals surface area contributed by atoms with Crippen LogP contribution in [0.2, 0.25) is 0 Å². The van der Waals surface area contributed by atoms with E-state index in [1.807, 2.05) is 9.80 Å². The van der Waals surface area contributed by atoms with Gasteiger partial charge in [-0.2, -0.15) is 0 Å². The van der Waals surface area contributed by atoms with E-state index in [9.17, 15) is 4.79 Å². The number of benzene rings is 1. The molecule has 0 atom stereocenters. The van der Waals surface area contributed by atoms with Gasteiger partial charge in [-0.1, -0.05) is 30.3 Å². The second-order valence-corrected chi connectivity index (χ2v) is 5.62. The van der Waals surface area contributed by atoms with E-state index in [2.05, 4.69) is 37.3 Å². The minimum Gasteiger partial charge on any atom is -0.378 e. The molecule has 0 bridgehead atoms. The molecule has 2 heterocycles. The number of amides is 2. The highest BCUT2D eigenvalue weighted by molar-refractivity contribution is 5.77. The molecular formula is C17H22N2O2. The molecule has 0 N–H and O–H groups in total. The van der Waals surface area contributed by atoms with Crippen molar-refractivity contribution in [3.63, 3.8) is 0 Å². The van der Waals surface area contributed by atoms with Crippen LogP contribution in [-0.4, -0.2) is 55.2 Å². The number of ether oxygens (including phenoxy) is 1. The molecule has 4 heteroatoms. The molecule has 21 heavy (non-hydrogen) atoms. The zero-order chi connectivity index (χ0) is 14.7. The Labute approximate surface area is 126 Å². The quantitative estimate of drug-likeness (QED) is 0.795. The summed E-state index contributed by atoms with van der Waals surface area (Å²) in [5.41, 5.74) is 3.98. The van der Waals surface area contributed by atoms with Crippen LogP contribution < -0.4 is 0 Å². The average Bonchev–Trinajstić information content (AvgIpc) is 2.56. The lowest BCUT2D eigenvalue weighted by atomic mass is 9.96. The number of nitrogens with zero attached hydrogens (tertiary/aromatic N) is 2. The minimum atomic E-state index is 0.151. The second-order valence-electron chi connectivity index (χ2n) is 5.62. The van der Waals surface area contributed by atoms with E-state index in [1.54, 1.807) is 0 Å². The van der Waals surface area contributed by atoms with Gasteiger partial charge in [-0.25, -0.2) is 4.79 Å². The molecule has 0 unspecified atom stereocenters. The first-order valence-electron chi connectivity index (χ1n) is 7.62. The van der Waals surface area contributed by atoms with Crippen molar-refractivity contribution in [3.05, 3.63) is 41.5 Å². The molecule has 0 saturated carbocycles. The maximum absolute atomic E-state index is 12.4. The van der Waals surface area contributed by atoms with Crippen molar-refractivity contribution in [3.8, 4) is 0 Å². The molecule has 2 aliphatic rings. The summed E-state index contributed by atoms with van der Waals surface area (Å²) < 4.78 is 5.30. The molecule has 3 rings (SSSR count). The lowest BCUT2D eigenvalue weighted by molar-refractivity contribution is 0.0441. The molecule has 1 aromatic carbocycles. The Balaban J connectivity index is 1.66. The standard InChI is InChI=1S/C17H22N2O2/c1-14-4-2-3-5-16(14)15-6-8-18(9-7-15)17(20)19-10-12-21-13-11-19/h2-6H,7-13H2,1H3. The highest BCUT2D eigenvalue weighted by atomic mass is 16.5. The molecule has 0 aliphatic carbocycles. The van der Waals surface area contributed by atoms with Crippen LogP contribution in [0.5, 0.6) is 0 Å². The Kier molecular flexibility index (Phi) is 4.25. The Bertz CT molecular complexity index is 547. The molecule has 0 radical (unpaired) electrons.